The summed E-state index contributed by atoms with van der Waals surface area (Å²) >= 11 is 5.86. The number of carbonyl (C=O) groups is 1. The Morgan fingerprint density at radius 3 is 2.67 bits per heavy atom. The number of halogens is 2. The van der Waals surface area contributed by atoms with Crippen molar-refractivity contribution in [3.63, 3.8) is 0 Å². The lowest BCUT2D eigenvalue weighted by Crippen LogP contribution is -2.06. The summed E-state index contributed by atoms with van der Waals surface area (Å²) in [5.41, 5.74) is 7.14. The van der Waals surface area contributed by atoms with E-state index in [2.05, 4.69) is 0 Å². The van der Waals surface area contributed by atoms with Crippen LogP contribution in [0.25, 0.3) is 0 Å². The Morgan fingerprint density at radius 2 is 2.00 bits per heavy atom. The Kier molecular flexibility index (Phi) is 3.34. The molecule has 0 spiro atoms. The van der Waals surface area contributed by atoms with Crippen LogP contribution in [0.3, 0.4) is 0 Å². The van der Waals surface area contributed by atoms with Gasteiger partial charge in [-0.2, -0.15) is 0 Å². The third-order valence-electron chi connectivity index (χ3n) is 2.72. The minimum Gasteiger partial charge on any atom is -0.397 e. The number of carbonyl (C=O) groups excluding carboxylic acids is 1. The summed E-state index contributed by atoms with van der Waals surface area (Å²) in [6.45, 7) is 1.60. The van der Waals surface area contributed by atoms with Crippen LogP contribution in [-0.2, 0) is 0 Å². The van der Waals surface area contributed by atoms with Crippen LogP contribution in [0.1, 0.15) is 21.5 Å². The first-order valence-corrected chi connectivity index (χ1v) is 5.73. The molecule has 0 aliphatic carbocycles. The fourth-order valence-corrected chi connectivity index (χ4v) is 1.85. The van der Waals surface area contributed by atoms with Crippen molar-refractivity contribution in [1.82, 2.24) is 0 Å². The third-order valence-corrected chi connectivity index (χ3v) is 3.05. The van der Waals surface area contributed by atoms with Crippen LogP contribution >= 0.6 is 11.6 Å². The number of nitrogen functional groups attached to an aromatic ring is 1. The van der Waals surface area contributed by atoms with Crippen molar-refractivity contribution in [1.29, 1.82) is 0 Å². The molecule has 0 unspecified atom stereocenters. The van der Waals surface area contributed by atoms with Crippen LogP contribution in [0, 0.1) is 12.7 Å². The predicted molar refractivity (Wildman–Crippen MR) is 70.4 cm³/mol. The van der Waals surface area contributed by atoms with Gasteiger partial charge in [-0.25, -0.2) is 4.39 Å². The Hall–Kier alpha value is -1.87. The van der Waals surface area contributed by atoms with E-state index in [0.29, 0.717) is 21.7 Å². The van der Waals surface area contributed by atoms with E-state index in [-0.39, 0.29) is 17.3 Å². The van der Waals surface area contributed by atoms with Gasteiger partial charge >= 0.3 is 0 Å². The van der Waals surface area contributed by atoms with Crippen LogP contribution in [0.5, 0.6) is 0 Å². The van der Waals surface area contributed by atoms with E-state index in [0.717, 1.165) is 0 Å². The zero-order valence-corrected chi connectivity index (χ0v) is 10.5. The minimum atomic E-state index is -0.342. The average Bonchev–Trinajstić information content (AvgIpc) is 2.35. The van der Waals surface area contributed by atoms with Gasteiger partial charge in [-0.3, -0.25) is 4.79 Å². The molecule has 0 heterocycles. The fraction of sp³-hybridized carbons (Fsp3) is 0.0714. The van der Waals surface area contributed by atoms with Crippen molar-refractivity contribution in [2.24, 2.45) is 0 Å². The van der Waals surface area contributed by atoms with E-state index in [4.69, 9.17) is 17.3 Å². The van der Waals surface area contributed by atoms with E-state index < -0.39 is 0 Å². The summed E-state index contributed by atoms with van der Waals surface area (Å²) in [4.78, 5) is 12.2. The number of ketones is 1. The Morgan fingerprint density at radius 1 is 1.28 bits per heavy atom. The molecule has 0 amide bonds. The molecule has 0 aliphatic rings. The van der Waals surface area contributed by atoms with Gasteiger partial charge in [0.15, 0.2) is 5.78 Å². The van der Waals surface area contributed by atoms with Gasteiger partial charge in [0.25, 0.3) is 0 Å². The molecule has 0 atom stereocenters. The summed E-state index contributed by atoms with van der Waals surface area (Å²) in [6, 6.07) is 9.07. The van der Waals surface area contributed by atoms with Crippen molar-refractivity contribution >= 4 is 23.1 Å². The highest BCUT2D eigenvalue weighted by atomic mass is 35.5. The fourth-order valence-electron chi connectivity index (χ4n) is 1.68. The molecule has 2 N–H and O–H groups in total. The second kappa shape index (κ2) is 4.78. The van der Waals surface area contributed by atoms with E-state index in [9.17, 15) is 9.18 Å². The molecule has 92 valence electrons. The number of benzene rings is 2. The third kappa shape index (κ3) is 2.22. The number of hydrogen-bond acceptors (Lipinski definition) is 2. The molecule has 0 saturated heterocycles. The average molecular weight is 264 g/mol. The summed E-state index contributed by atoms with van der Waals surface area (Å²) in [5.74, 6) is -0.608. The molecule has 4 heteroatoms. The second-order valence-corrected chi connectivity index (χ2v) is 4.40. The lowest BCUT2D eigenvalue weighted by molar-refractivity contribution is 0.103. The molecule has 2 aromatic carbocycles. The summed E-state index contributed by atoms with van der Waals surface area (Å²) in [6.07, 6.45) is 0. The molecule has 2 rings (SSSR count). The lowest BCUT2D eigenvalue weighted by Gasteiger charge is -2.07. The van der Waals surface area contributed by atoms with E-state index in [1.54, 1.807) is 25.1 Å². The monoisotopic (exact) mass is 263 g/mol. The van der Waals surface area contributed by atoms with Gasteiger partial charge in [0.2, 0.25) is 0 Å². The van der Waals surface area contributed by atoms with Gasteiger partial charge in [-0.05, 0) is 42.8 Å². The highest BCUT2D eigenvalue weighted by Gasteiger charge is 2.14. The molecule has 0 bridgehead atoms. The van der Waals surface area contributed by atoms with Gasteiger partial charge in [-0.1, -0.05) is 17.7 Å². The molecule has 0 aliphatic heterocycles. The molecule has 0 aromatic heterocycles. The highest BCUT2D eigenvalue weighted by molar-refractivity contribution is 6.34. The molecule has 0 radical (unpaired) electrons. The Balaban J connectivity index is 2.48. The van der Waals surface area contributed by atoms with Gasteiger partial charge < -0.3 is 5.73 Å². The maximum absolute atomic E-state index is 13.2. The number of nitrogens with two attached hydrogens (primary N) is 1. The van der Waals surface area contributed by atoms with E-state index >= 15 is 0 Å². The van der Waals surface area contributed by atoms with E-state index in [1.807, 2.05) is 0 Å². The number of hydrogen-bond donors (Lipinski definition) is 1. The second-order valence-electron chi connectivity index (χ2n) is 3.99. The number of anilines is 1. The van der Waals surface area contributed by atoms with Crippen LogP contribution in [0.4, 0.5) is 10.1 Å². The van der Waals surface area contributed by atoms with Crippen molar-refractivity contribution in [2.75, 3.05) is 5.73 Å². The summed E-state index contributed by atoms with van der Waals surface area (Å²) < 4.78 is 13.2. The molecule has 2 aromatic rings. The quantitative estimate of drug-likeness (QED) is 0.664. The van der Waals surface area contributed by atoms with Gasteiger partial charge in [-0.15, -0.1) is 0 Å². The molecular weight excluding hydrogens is 253 g/mol. The Bertz CT molecular complexity index is 625. The van der Waals surface area contributed by atoms with E-state index in [1.165, 1.54) is 18.2 Å². The topological polar surface area (TPSA) is 43.1 Å². The van der Waals surface area contributed by atoms with Gasteiger partial charge in [0, 0.05) is 11.1 Å². The largest absolute Gasteiger partial charge is 0.397 e. The molecule has 2 nitrogen and oxygen atoms in total. The zero-order chi connectivity index (χ0) is 13.3. The maximum Gasteiger partial charge on any atom is 0.195 e. The Labute approximate surface area is 109 Å². The summed E-state index contributed by atoms with van der Waals surface area (Å²) in [7, 11) is 0. The maximum atomic E-state index is 13.2. The lowest BCUT2D eigenvalue weighted by atomic mass is 10.0. The first-order chi connectivity index (χ1) is 8.50. The van der Waals surface area contributed by atoms with Crippen LogP contribution in [0.15, 0.2) is 36.4 Å². The summed E-state index contributed by atoms with van der Waals surface area (Å²) in [5, 5.41) is 0.333. The normalized spacial score (nSPS) is 10.4. The highest BCUT2D eigenvalue weighted by Crippen LogP contribution is 2.25. The molecule has 0 fully saturated rings. The first-order valence-electron chi connectivity index (χ1n) is 5.35. The van der Waals surface area contributed by atoms with Crippen molar-refractivity contribution in [2.45, 2.75) is 6.92 Å². The van der Waals surface area contributed by atoms with Gasteiger partial charge in [0.05, 0.1) is 10.7 Å². The smallest absolute Gasteiger partial charge is 0.195 e. The molecule has 0 saturated carbocycles. The number of para-hydroxylation sites is 1. The van der Waals surface area contributed by atoms with Crippen LogP contribution < -0.4 is 5.73 Å². The predicted octanol–water partition coefficient (Wildman–Crippen LogP) is 3.60. The SMILES string of the molecule is Cc1cc(C(=O)c2cccc(Cl)c2N)ccc1F. The minimum absolute atomic E-state index is 0.242. The molecular formula is C14H11ClFNO. The van der Waals surface area contributed by atoms with Crippen molar-refractivity contribution in [3.05, 3.63) is 63.9 Å². The standard InChI is InChI=1S/C14H11ClFNO/c1-8-7-9(5-6-12(8)16)14(18)10-3-2-4-11(15)13(10)17/h2-7H,17H2,1H3. The van der Waals surface area contributed by atoms with Crippen LogP contribution in [-0.4, -0.2) is 5.78 Å². The van der Waals surface area contributed by atoms with Crippen LogP contribution in [0.2, 0.25) is 5.02 Å². The van der Waals surface area contributed by atoms with Crippen molar-refractivity contribution in [3.8, 4) is 0 Å². The molecule has 18 heavy (non-hydrogen) atoms. The zero-order valence-electron chi connectivity index (χ0n) is 9.71. The number of aryl methyl sites for hydroxylation is 1. The van der Waals surface area contributed by atoms with Gasteiger partial charge in [0.1, 0.15) is 5.82 Å². The van der Waals surface area contributed by atoms with Crippen molar-refractivity contribution < 1.29 is 9.18 Å². The number of rotatable bonds is 2. The first kappa shape index (κ1) is 12.6.